The van der Waals surface area contributed by atoms with E-state index in [-0.39, 0.29) is 0 Å². The van der Waals surface area contributed by atoms with E-state index in [1.165, 1.54) is 0 Å². The Morgan fingerprint density at radius 1 is 1.15 bits per heavy atom. The first-order valence-electron chi connectivity index (χ1n) is 6.96. The van der Waals surface area contributed by atoms with Gasteiger partial charge in [-0.15, -0.1) is 0 Å². The molecule has 0 aliphatic heterocycles. The zero-order valence-electron chi connectivity index (χ0n) is 12.9. The van der Waals surface area contributed by atoms with Gasteiger partial charge in [0.05, 0.1) is 14.2 Å². The summed E-state index contributed by atoms with van der Waals surface area (Å²) >= 11 is 0. The number of methoxy groups -OCH3 is 2. The Labute approximate surface area is 121 Å². The topological polar surface area (TPSA) is 39.7 Å². The Morgan fingerprint density at radius 2 is 1.80 bits per heavy atom. The van der Waals surface area contributed by atoms with E-state index in [0.29, 0.717) is 23.9 Å². The summed E-state index contributed by atoms with van der Waals surface area (Å²) in [7, 11) is 3.28. The molecule has 4 nitrogen and oxygen atoms in total. The predicted molar refractivity (Wildman–Crippen MR) is 81.9 cm³/mol. The zero-order chi connectivity index (χ0) is 14.8. The summed E-state index contributed by atoms with van der Waals surface area (Å²) in [5, 5.41) is 3.36. The fourth-order valence-electron chi connectivity index (χ4n) is 1.82. The van der Waals surface area contributed by atoms with E-state index < -0.39 is 0 Å². The minimum Gasteiger partial charge on any atom is -0.493 e. The van der Waals surface area contributed by atoms with Crippen molar-refractivity contribution < 1.29 is 14.2 Å². The number of hydrogen-bond donors (Lipinski definition) is 1. The van der Waals surface area contributed by atoms with Crippen LogP contribution >= 0.6 is 0 Å². The van der Waals surface area contributed by atoms with Gasteiger partial charge >= 0.3 is 0 Å². The largest absolute Gasteiger partial charge is 0.493 e. The number of ether oxygens (including phenoxy) is 3. The Balaban J connectivity index is 2.92. The summed E-state index contributed by atoms with van der Waals surface area (Å²) in [5.74, 6) is 2.04. The van der Waals surface area contributed by atoms with Crippen LogP contribution in [-0.2, 0) is 6.54 Å². The van der Waals surface area contributed by atoms with E-state index in [2.05, 4.69) is 12.2 Å². The molecule has 0 atom stereocenters. The lowest BCUT2D eigenvalue weighted by Crippen LogP contribution is -2.14. The molecule has 0 radical (unpaired) electrons. The highest BCUT2D eigenvalue weighted by Gasteiger charge is 2.13. The molecule has 0 heterocycles. The molecule has 1 aromatic rings. The lowest BCUT2D eigenvalue weighted by atomic mass is 10.1. The average Bonchev–Trinajstić information content (AvgIpc) is 2.48. The SMILES string of the molecule is C/C=C/COc1c(OC)cc(CNCCC)cc1OC. The Morgan fingerprint density at radius 3 is 2.30 bits per heavy atom. The second-order valence-corrected chi connectivity index (χ2v) is 4.39. The number of allylic oxidation sites excluding steroid dienone is 1. The summed E-state index contributed by atoms with van der Waals surface area (Å²) in [6, 6.07) is 3.96. The highest BCUT2D eigenvalue weighted by molar-refractivity contribution is 5.54. The Hall–Kier alpha value is -1.68. The molecule has 0 aromatic heterocycles. The van der Waals surface area contributed by atoms with Crippen LogP contribution in [0, 0.1) is 0 Å². The monoisotopic (exact) mass is 279 g/mol. The maximum Gasteiger partial charge on any atom is 0.203 e. The average molecular weight is 279 g/mol. The second-order valence-electron chi connectivity index (χ2n) is 4.39. The fraction of sp³-hybridized carbons (Fsp3) is 0.500. The van der Waals surface area contributed by atoms with Crippen LogP contribution in [0.4, 0.5) is 0 Å². The van der Waals surface area contributed by atoms with Gasteiger partial charge in [0.2, 0.25) is 5.75 Å². The lowest BCUT2D eigenvalue weighted by molar-refractivity contribution is 0.300. The number of benzene rings is 1. The minimum atomic E-state index is 0.497. The van der Waals surface area contributed by atoms with Gasteiger partial charge in [0, 0.05) is 6.54 Å². The number of rotatable bonds is 9. The first-order chi connectivity index (χ1) is 9.76. The van der Waals surface area contributed by atoms with Crippen molar-refractivity contribution in [1.29, 1.82) is 0 Å². The molecular weight excluding hydrogens is 254 g/mol. The molecular formula is C16H25NO3. The third-order valence-electron chi connectivity index (χ3n) is 2.84. The van der Waals surface area contributed by atoms with Crippen LogP contribution in [0.3, 0.4) is 0 Å². The van der Waals surface area contributed by atoms with Gasteiger partial charge in [-0.3, -0.25) is 0 Å². The third kappa shape index (κ3) is 4.78. The quantitative estimate of drug-likeness (QED) is 0.557. The molecule has 0 fully saturated rings. The van der Waals surface area contributed by atoms with Gasteiger partial charge in [-0.2, -0.15) is 0 Å². The minimum absolute atomic E-state index is 0.497. The molecule has 20 heavy (non-hydrogen) atoms. The van der Waals surface area contributed by atoms with Crippen LogP contribution < -0.4 is 19.5 Å². The highest BCUT2D eigenvalue weighted by atomic mass is 16.5. The number of hydrogen-bond acceptors (Lipinski definition) is 4. The third-order valence-corrected chi connectivity index (χ3v) is 2.84. The van der Waals surface area contributed by atoms with Crippen molar-refractivity contribution in [2.24, 2.45) is 0 Å². The maximum atomic E-state index is 5.71. The molecule has 0 aliphatic carbocycles. The lowest BCUT2D eigenvalue weighted by Gasteiger charge is -2.15. The summed E-state index contributed by atoms with van der Waals surface area (Å²) in [4.78, 5) is 0. The van der Waals surface area contributed by atoms with E-state index in [1.807, 2.05) is 31.2 Å². The first kappa shape index (κ1) is 16.4. The van der Waals surface area contributed by atoms with Gasteiger partial charge in [-0.05, 0) is 37.6 Å². The second kappa shape index (κ2) is 9.26. The smallest absolute Gasteiger partial charge is 0.203 e. The maximum absolute atomic E-state index is 5.71. The van der Waals surface area contributed by atoms with Crippen molar-refractivity contribution in [2.45, 2.75) is 26.8 Å². The molecule has 0 saturated carbocycles. The molecule has 112 valence electrons. The van der Waals surface area contributed by atoms with Gasteiger partial charge in [-0.25, -0.2) is 0 Å². The Kier molecular flexibility index (Phi) is 7.58. The van der Waals surface area contributed by atoms with Gasteiger partial charge in [-0.1, -0.05) is 19.1 Å². The van der Waals surface area contributed by atoms with Crippen molar-refractivity contribution in [3.8, 4) is 17.2 Å². The molecule has 0 aliphatic rings. The fourth-order valence-corrected chi connectivity index (χ4v) is 1.82. The molecule has 1 rings (SSSR count). The predicted octanol–water partition coefficient (Wildman–Crippen LogP) is 3.16. The highest BCUT2D eigenvalue weighted by Crippen LogP contribution is 2.38. The van der Waals surface area contributed by atoms with Crippen LogP contribution in [0.1, 0.15) is 25.8 Å². The van der Waals surface area contributed by atoms with Crippen LogP contribution in [-0.4, -0.2) is 27.4 Å². The van der Waals surface area contributed by atoms with Crippen molar-refractivity contribution in [3.63, 3.8) is 0 Å². The van der Waals surface area contributed by atoms with Crippen molar-refractivity contribution in [1.82, 2.24) is 5.32 Å². The van der Waals surface area contributed by atoms with Gasteiger partial charge in [0.25, 0.3) is 0 Å². The molecule has 4 heteroatoms. The normalized spacial score (nSPS) is 10.8. The summed E-state index contributed by atoms with van der Waals surface area (Å²) in [5.41, 5.74) is 1.12. The molecule has 0 unspecified atom stereocenters. The first-order valence-corrected chi connectivity index (χ1v) is 6.96. The summed E-state index contributed by atoms with van der Waals surface area (Å²) in [6.45, 7) is 6.38. The van der Waals surface area contributed by atoms with Crippen molar-refractivity contribution in [3.05, 3.63) is 29.8 Å². The van der Waals surface area contributed by atoms with E-state index >= 15 is 0 Å². The van der Waals surface area contributed by atoms with Gasteiger partial charge < -0.3 is 19.5 Å². The van der Waals surface area contributed by atoms with Crippen molar-refractivity contribution in [2.75, 3.05) is 27.4 Å². The van der Waals surface area contributed by atoms with Crippen molar-refractivity contribution >= 4 is 0 Å². The number of nitrogens with one attached hydrogen (secondary N) is 1. The summed E-state index contributed by atoms with van der Waals surface area (Å²) < 4.78 is 16.5. The van der Waals surface area contributed by atoms with Crippen LogP contribution in [0.2, 0.25) is 0 Å². The van der Waals surface area contributed by atoms with Crippen LogP contribution in [0.15, 0.2) is 24.3 Å². The van der Waals surface area contributed by atoms with Crippen LogP contribution in [0.25, 0.3) is 0 Å². The molecule has 1 aromatic carbocycles. The van der Waals surface area contributed by atoms with E-state index in [0.717, 1.165) is 25.1 Å². The standard InChI is InChI=1S/C16H25NO3/c1-5-7-9-20-16-14(18-3)10-13(11-15(16)19-4)12-17-8-6-2/h5,7,10-11,17H,6,8-9,12H2,1-4H3/b7-5+. The molecule has 0 saturated heterocycles. The zero-order valence-corrected chi connectivity index (χ0v) is 12.9. The molecule has 1 N–H and O–H groups in total. The van der Waals surface area contributed by atoms with E-state index in [1.54, 1.807) is 14.2 Å². The van der Waals surface area contributed by atoms with Gasteiger partial charge in [0.1, 0.15) is 6.61 Å². The molecule has 0 amide bonds. The molecule has 0 spiro atoms. The Bertz CT molecular complexity index is 405. The summed E-state index contributed by atoms with van der Waals surface area (Å²) in [6.07, 6.45) is 5.00. The van der Waals surface area contributed by atoms with Crippen LogP contribution in [0.5, 0.6) is 17.2 Å². The van der Waals surface area contributed by atoms with E-state index in [9.17, 15) is 0 Å². The van der Waals surface area contributed by atoms with Gasteiger partial charge in [0.15, 0.2) is 11.5 Å². The molecule has 0 bridgehead atoms. The van der Waals surface area contributed by atoms with E-state index in [4.69, 9.17) is 14.2 Å².